The van der Waals surface area contributed by atoms with Crippen LogP contribution in [0.3, 0.4) is 0 Å². The van der Waals surface area contributed by atoms with E-state index in [0.717, 1.165) is 21.6 Å². The molecule has 0 bridgehead atoms. The van der Waals surface area contributed by atoms with Crippen LogP contribution in [-0.2, 0) is 9.59 Å². The van der Waals surface area contributed by atoms with Gasteiger partial charge in [0, 0.05) is 16.1 Å². The fourth-order valence-electron chi connectivity index (χ4n) is 4.42. The number of nitrogens with one attached hydrogen (secondary N) is 3. The Balaban J connectivity index is 1.28. The average Bonchev–Trinajstić information content (AvgIpc) is 3.08. The van der Waals surface area contributed by atoms with E-state index in [9.17, 15) is 14.4 Å². The SMILES string of the molecule is CC(Sc1ccc(NC(=O)/C(=C/c2ccc(-c3ccccc3)cc2)NC(=O)c2ccccc2)cc1)C(=O)Nc1cccc(Cl)c1Cl. The summed E-state index contributed by atoms with van der Waals surface area (Å²) in [6, 6.07) is 38.6. The molecule has 9 heteroatoms. The number of anilines is 2. The zero-order valence-corrected chi connectivity index (χ0v) is 27.0. The Bertz CT molecular complexity index is 1860. The van der Waals surface area contributed by atoms with Gasteiger partial charge < -0.3 is 16.0 Å². The molecule has 3 amide bonds. The summed E-state index contributed by atoms with van der Waals surface area (Å²) in [4.78, 5) is 40.1. The van der Waals surface area contributed by atoms with E-state index in [-0.39, 0.29) is 16.6 Å². The van der Waals surface area contributed by atoms with Gasteiger partial charge in [0.1, 0.15) is 5.70 Å². The van der Waals surface area contributed by atoms with Crippen LogP contribution in [-0.4, -0.2) is 23.0 Å². The normalized spacial score (nSPS) is 11.8. The van der Waals surface area contributed by atoms with Gasteiger partial charge in [-0.05, 0) is 78.2 Å². The highest BCUT2D eigenvalue weighted by Crippen LogP contribution is 2.31. The molecule has 46 heavy (non-hydrogen) atoms. The first kappa shape index (κ1) is 32.6. The largest absolute Gasteiger partial charge is 0.324 e. The minimum absolute atomic E-state index is 0.0877. The maximum absolute atomic E-state index is 13.5. The van der Waals surface area contributed by atoms with Crippen molar-refractivity contribution >= 4 is 70.1 Å². The zero-order valence-electron chi connectivity index (χ0n) is 24.7. The quantitative estimate of drug-likeness (QED) is 0.103. The van der Waals surface area contributed by atoms with Gasteiger partial charge in [0.15, 0.2) is 0 Å². The Morgan fingerprint density at radius 2 is 1.33 bits per heavy atom. The third-order valence-electron chi connectivity index (χ3n) is 6.86. The van der Waals surface area contributed by atoms with E-state index >= 15 is 0 Å². The van der Waals surface area contributed by atoms with Gasteiger partial charge in [0.05, 0.1) is 21.0 Å². The lowest BCUT2D eigenvalue weighted by atomic mass is 10.0. The molecule has 1 atom stereocenters. The predicted molar refractivity (Wildman–Crippen MR) is 189 cm³/mol. The number of thioether (sulfide) groups is 1. The van der Waals surface area contributed by atoms with Crippen LogP contribution in [0.1, 0.15) is 22.8 Å². The Kier molecular flexibility index (Phi) is 10.9. The number of carbonyl (C=O) groups is 3. The van der Waals surface area contributed by atoms with Crippen molar-refractivity contribution in [1.82, 2.24) is 5.32 Å². The molecule has 1 unspecified atom stereocenters. The van der Waals surface area contributed by atoms with Crippen molar-refractivity contribution in [2.24, 2.45) is 0 Å². The lowest BCUT2D eigenvalue weighted by molar-refractivity contribution is -0.115. The van der Waals surface area contributed by atoms with Gasteiger partial charge >= 0.3 is 0 Å². The maximum atomic E-state index is 13.5. The molecule has 0 radical (unpaired) electrons. The molecule has 5 rings (SSSR count). The standard InChI is InChI=1S/C37H29Cl2N3O3S/c1-24(35(43)41-32-14-8-13-31(38)34(32)39)46-30-21-19-29(20-22-30)40-37(45)33(42-36(44)28-11-6-3-7-12-28)23-25-15-17-27(18-16-25)26-9-4-2-5-10-26/h2-24H,1H3,(H,40,45)(H,41,43)(H,42,44)/b33-23-. The van der Waals surface area contributed by atoms with Gasteiger partial charge in [-0.1, -0.05) is 102 Å². The van der Waals surface area contributed by atoms with E-state index in [4.69, 9.17) is 23.2 Å². The van der Waals surface area contributed by atoms with Crippen molar-refractivity contribution < 1.29 is 14.4 Å². The maximum Gasteiger partial charge on any atom is 0.272 e. The van der Waals surface area contributed by atoms with Crippen LogP contribution >= 0.6 is 35.0 Å². The summed E-state index contributed by atoms with van der Waals surface area (Å²) in [5.41, 5.74) is 4.35. The fourth-order valence-corrected chi connectivity index (χ4v) is 5.63. The van der Waals surface area contributed by atoms with Crippen molar-refractivity contribution in [3.05, 3.63) is 154 Å². The fraction of sp³-hybridized carbons (Fsp3) is 0.0541. The van der Waals surface area contributed by atoms with E-state index in [1.165, 1.54) is 11.8 Å². The molecule has 0 heterocycles. The Labute approximate surface area is 281 Å². The summed E-state index contributed by atoms with van der Waals surface area (Å²) in [6.07, 6.45) is 1.64. The van der Waals surface area contributed by atoms with E-state index in [2.05, 4.69) is 16.0 Å². The van der Waals surface area contributed by atoms with Crippen LogP contribution in [0.2, 0.25) is 10.0 Å². The van der Waals surface area contributed by atoms with Crippen LogP contribution in [0.25, 0.3) is 17.2 Å². The second-order valence-electron chi connectivity index (χ2n) is 10.2. The highest BCUT2D eigenvalue weighted by molar-refractivity contribution is 8.00. The predicted octanol–water partition coefficient (Wildman–Crippen LogP) is 9.19. The lowest BCUT2D eigenvalue weighted by Crippen LogP contribution is -2.30. The number of rotatable bonds is 10. The van der Waals surface area contributed by atoms with Crippen LogP contribution < -0.4 is 16.0 Å². The van der Waals surface area contributed by atoms with Gasteiger partial charge in [-0.25, -0.2) is 0 Å². The minimum atomic E-state index is -0.483. The number of hydrogen-bond donors (Lipinski definition) is 3. The number of amides is 3. The molecule has 0 saturated carbocycles. The van der Waals surface area contributed by atoms with E-state index in [0.29, 0.717) is 22.0 Å². The van der Waals surface area contributed by atoms with E-state index < -0.39 is 17.1 Å². The first-order valence-corrected chi connectivity index (χ1v) is 16.0. The smallest absolute Gasteiger partial charge is 0.272 e. The monoisotopic (exact) mass is 665 g/mol. The lowest BCUT2D eigenvalue weighted by Gasteiger charge is -2.14. The molecule has 6 nitrogen and oxygen atoms in total. The highest BCUT2D eigenvalue weighted by atomic mass is 35.5. The Morgan fingerprint density at radius 3 is 2.00 bits per heavy atom. The summed E-state index contributed by atoms with van der Waals surface area (Å²) in [5.74, 6) is -1.11. The number of halogens is 2. The molecular weight excluding hydrogens is 637 g/mol. The van der Waals surface area contributed by atoms with Gasteiger partial charge in [-0.3, -0.25) is 14.4 Å². The molecule has 0 aromatic heterocycles. The van der Waals surface area contributed by atoms with Gasteiger partial charge in [0.2, 0.25) is 5.91 Å². The molecule has 5 aromatic carbocycles. The summed E-state index contributed by atoms with van der Waals surface area (Å²) >= 11 is 13.6. The molecule has 0 fully saturated rings. The van der Waals surface area contributed by atoms with Crippen LogP contribution in [0, 0.1) is 0 Å². The first-order valence-electron chi connectivity index (χ1n) is 14.3. The average molecular weight is 667 g/mol. The molecule has 0 aliphatic rings. The molecule has 230 valence electrons. The van der Waals surface area contributed by atoms with Crippen LogP contribution in [0.4, 0.5) is 11.4 Å². The number of carbonyl (C=O) groups excluding carboxylic acids is 3. The molecule has 0 aliphatic heterocycles. The zero-order chi connectivity index (χ0) is 32.5. The second-order valence-corrected chi connectivity index (χ2v) is 12.4. The summed E-state index contributed by atoms with van der Waals surface area (Å²) in [7, 11) is 0. The van der Waals surface area contributed by atoms with Crippen molar-refractivity contribution in [2.45, 2.75) is 17.1 Å². The van der Waals surface area contributed by atoms with Gasteiger partial charge in [0.25, 0.3) is 11.8 Å². The van der Waals surface area contributed by atoms with E-state index in [1.807, 2.05) is 72.8 Å². The van der Waals surface area contributed by atoms with Gasteiger partial charge in [-0.2, -0.15) is 0 Å². The van der Waals surface area contributed by atoms with E-state index in [1.54, 1.807) is 67.6 Å². The van der Waals surface area contributed by atoms with Crippen molar-refractivity contribution in [3.8, 4) is 11.1 Å². The molecule has 0 saturated heterocycles. The molecule has 0 aliphatic carbocycles. The molecular formula is C37H29Cl2N3O3S. The van der Waals surface area contributed by atoms with Crippen molar-refractivity contribution in [1.29, 1.82) is 0 Å². The van der Waals surface area contributed by atoms with Crippen LogP contribution in [0.5, 0.6) is 0 Å². The van der Waals surface area contributed by atoms with Crippen LogP contribution in [0.15, 0.2) is 138 Å². The molecule has 3 N–H and O–H groups in total. The molecule has 5 aromatic rings. The topological polar surface area (TPSA) is 87.3 Å². The Hall–Kier alpha value is -4.82. The Morgan fingerprint density at radius 1 is 0.696 bits per heavy atom. The summed E-state index contributed by atoms with van der Waals surface area (Å²) < 4.78 is 0. The highest BCUT2D eigenvalue weighted by Gasteiger charge is 2.18. The third-order valence-corrected chi connectivity index (χ3v) is 8.79. The van der Waals surface area contributed by atoms with Gasteiger partial charge in [-0.15, -0.1) is 11.8 Å². The number of benzene rings is 5. The molecule has 0 spiro atoms. The number of hydrogen-bond acceptors (Lipinski definition) is 4. The van der Waals surface area contributed by atoms with Crippen molar-refractivity contribution in [3.63, 3.8) is 0 Å². The third kappa shape index (κ3) is 8.67. The van der Waals surface area contributed by atoms with Crippen molar-refractivity contribution in [2.75, 3.05) is 10.6 Å². The second kappa shape index (κ2) is 15.5. The summed E-state index contributed by atoms with van der Waals surface area (Å²) in [6.45, 7) is 1.78. The first-order chi connectivity index (χ1) is 22.3. The summed E-state index contributed by atoms with van der Waals surface area (Å²) in [5, 5.41) is 8.64. The minimum Gasteiger partial charge on any atom is -0.324 e.